The molecule has 35 heavy (non-hydrogen) atoms. The maximum atomic E-state index is 14.1. The van der Waals surface area contributed by atoms with Crippen molar-refractivity contribution in [2.75, 3.05) is 10.6 Å². The van der Waals surface area contributed by atoms with Gasteiger partial charge in [0.05, 0.1) is 17.1 Å². The van der Waals surface area contributed by atoms with Gasteiger partial charge in [0.15, 0.2) is 0 Å². The van der Waals surface area contributed by atoms with Crippen molar-refractivity contribution in [1.82, 2.24) is 4.98 Å². The van der Waals surface area contributed by atoms with Crippen LogP contribution in [0.3, 0.4) is 0 Å². The summed E-state index contributed by atoms with van der Waals surface area (Å²) in [6.07, 6.45) is 4.35. The van der Waals surface area contributed by atoms with E-state index >= 15 is 0 Å². The Bertz CT molecular complexity index is 1430. The lowest BCUT2D eigenvalue weighted by Gasteiger charge is -2.36. The van der Waals surface area contributed by atoms with Crippen molar-refractivity contribution < 1.29 is 4.79 Å². The summed E-state index contributed by atoms with van der Waals surface area (Å²) in [6, 6.07) is 18.3. The smallest absolute Gasteiger partial charge is 0.275 e. The van der Waals surface area contributed by atoms with Gasteiger partial charge in [0.1, 0.15) is 9.71 Å². The molecule has 2 aromatic heterocycles. The minimum absolute atomic E-state index is 0.0892. The normalized spacial score (nSPS) is 17.1. The van der Waals surface area contributed by atoms with Crippen molar-refractivity contribution in [3.8, 4) is 0 Å². The van der Waals surface area contributed by atoms with Crippen molar-refractivity contribution in [1.29, 1.82) is 0 Å². The fourth-order valence-corrected chi connectivity index (χ4v) is 7.41. The first-order valence-corrected chi connectivity index (χ1v) is 13.9. The maximum Gasteiger partial charge on any atom is 0.275 e. The molecule has 6 rings (SSSR count). The first kappa shape index (κ1) is 22.6. The number of aromatic nitrogens is 1. The Morgan fingerprint density at radius 3 is 2.43 bits per heavy atom. The molecule has 1 amide bonds. The van der Waals surface area contributed by atoms with Gasteiger partial charge in [-0.1, -0.05) is 63.2 Å². The van der Waals surface area contributed by atoms with Crippen LogP contribution in [0.15, 0.2) is 64.4 Å². The SMILES string of the molecule is CCC(C)(C)[C@@H]1CCc2nc3sc(C(=O)N4c5ccccc5Sc5ccccc54)c(N)c3cc2C1. The molecule has 178 valence electrons. The van der Waals surface area contributed by atoms with Crippen LogP contribution in [0.4, 0.5) is 17.1 Å². The van der Waals surface area contributed by atoms with Crippen LogP contribution >= 0.6 is 23.1 Å². The summed E-state index contributed by atoms with van der Waals surface area (Å²) in [7, 11) is 0. The van der Waals surface area contributed by atoms with E-state index in [1.165, 1.54) is 29.0 Å². The molecule has 1 aliphatic carbocycles. The third-order valence-electron chi connectivity index (χ3n) is 7.93. The van der Waals surface area contributed by atoms with Crippen LogP contribution in [0.2, 0.25) is 0 Å². The van der Waals surface area contributed by atoms with Gasteiger partial charge in [0.25, 0.3) is 5.91 Å². The molecule has 3 heterocycles. The highest BCUT2D eigenvalue weighted by Gasteiger charge is 2.34. The van der Waals surface area contributed by atoms with Crippen LogP contribution in [0, 0.1) is 11.3 Å². The summed E-state index contributed by atoms with van der Waals surface area (Å²) in [5.41, 5.74) is 11.8. The van der Waals surface area contributed by atoms with E-state index in [0.29, 0.717) is 21.9 Å². The highest BCUT2D eigenvalue weighted by Crippen LogP contribution is 2.49. The second-order valence-corrected chi connectivity index (χ2v) is 12.3. The molecule has 6 heteroatoms. The van der Waals surface area contributed by atoms with Gasteiger partial charge in [-0.2, -0.15) is 0 Å². The number of pyridine rings is 1. The van der Waals surface area contributed by atoms with Gasteiger partial charge < -0.3 is 5.73 Å². The Hall–Kier alpha value is -2.83. The van der Waals surface area contributed by atoms with Crippen molar-refractivity contribution in [2.24, 2.45) is 11.3 Å². The topological polar surface area (TPSA) is 59.2 Å². The van der Waals surface area contributed by atoms with Crippen LogP contribution < -0.4 is 10.6 Å². The van der Waals surface area contributed by atoms with E-state index in [1.807, 2.05) is 41.3 Å². The van der Waals surface area contributed by atoms with Gasteiger partial charge in [-0.15, -0.1) is 11.3 Å². The number of aryl methyl sites for hydroxylation is 1. The summed E-state index contributed by atoms with van der Waals surface area (Å²) < 4.78 is 0. The molecule has 0 saturated carbocycles. The molecule has 0 fully saturated rings. The number of fused-ring (bicyclic) bond motifs is 4. The van der Waals surface area contributed by atoms with Crippen molar-refractivity contribution in [2.45, 2.75) is 56.2 Å². The van der Waals surface area contributed by atoms with Crippen LogP contribution in [0.1, 0.15) is 54.5 Å². The number of rotatable bonds is 3. The van der Waals surface area contributed by atoms with E-state index in [2.05, 4.69) is 39.0 Å². The number of hydrogen-bond acceptors (Lipinski definition) is 5. The predicted octanol–water partition coefficient (Wildman–Crippen LogP) is 7.86. The number of nitrogens with zero attached hydrogens (tertiary/aromatic N) is 2. The molecule has 0 radical (unpaired) electrons. The first-order valence-electron chi connectivity index (χ1n) is 12.3. The third kappa shape index (κ3) is 3.66. The summed E-state index contributed by atoms with van der Waals surface area (Å²) in [5, 5.41) is 0.917. The number of amides is 1. The lowest BCUT2D eigenvalue weighted by atomic mass is 9.69. The van der Waals surface area contributed by atoms with Gasteiger partial charge >= 0.3 is 0 Å². The minimum atomic E-state index is -0.0892. The zero-order valence-corrected chi connectivity index (χ0v) is 21.9. The van der Waals surface area contributed by atoms with Crippen LogP contribution in [0.25, 0.3) is 10.2 Å². The first-order chi connectivity index (χ1) is 16.9. The van der Waals surface area contributed by atoms with E-state index in [-0.39, 0.29) is 5.91 Å². The Morgan fingerprint density at radius 1 is 1.11 bits per heavy atom. The van der Waals surface area contributed by atoms with E-state index < -0.39 is 0 Å². The fraction of sp³-hybridized carbons (Fsp3) is 0.310. The second-order valence-electron chi connectivity index (χ2n) is 10.3. The standard InChI is InChI=1S/C29H29N3OS2/c1-4-29(2,3)18-13-14-20-17(15-18)16-19-25(30)26(35-27(19)31-20)28(33)32-21-9-5-7-11-23(21)34-24-12-8-6-10-22(24)32/h5-12,16,18H,4,13-15,30H2,1-3H3/t18-/m1/s1. The van der Waals surface area contributed by atoms with Crippen LogP contribution in [-0.2, 0) is 12.8 Å². The fourth-order valence-electron chi connectivity index (χ4n) is 5.33. The van der Waals surface area contributed by atoms with E-state index in [9.17, 15) is 4.79 Å². The molecule has 1 aliphatic heterocycles. The highest BCUT2D eigenvalue weighted by molar-refractivity contribution is 7.99. The molecule has 0 unspecified atom stereocenters. The quantitative estimate of drug-likeness (QED) is 0.312. The second kappa shape index (κ2) is 8.38. The maximum absolute atomic E-state index is 14.1. The van der Waals surface area contributed by atoms with E-state index in [1.54, 1.807) is 11.8 Å². The van der Waals surface area contributed by atoms with Crippen LogP contribution in [-0.4, -0.2) is 10.9 Å². The Kier molecular flexibility index (Phi) is 5.42. The highest BCUT2D eigenvalue weighted by atomic mass is 32.2. The zero-order chi connectivity index (χ0) is 24.3. The number of para-hydroxylation sites is 2. The van der Waals surface area contributed by atoms with E-state index in [0.717, 1.165) is 50.6 Å². The summed E-state index contributed by atoms with van der Waals surface area (Å²) >= 11 is 3.12. The number of hydrogen-bond donors (Lipinski definition) is 1. The number of anilines is 3. The molecule has 2 aliphatic rings. The summed E-state index contributed by atoms with van der Waals surface area (Å²) in [4.78, 5) is 24.5. The Balaban J connectivity index is 1.43. The monoisotopic (exact) mass is 499 g/mol. The average molecular weight is 500 g/mol. The Labute approximate surface area is 214 Å². The summed E-state index contributed by atoms with van der Waals surface area (Å²) in [5.74, 6) is 0.549. The number of carbonyl (C=O) groups excluding carboxylic acids is 1. The lowest BCUT2D eigenvalue weighted by molar-refractivity contribution is 0.100. The molecule has 0 saturated heterocycles. The van der Waals surface area contributed by atoms with Gasteiger partial charge in [-0.3, -0.25) is 9.69 Å². The average Bonchev–Trinajstić information content (AvgIpc) is 3.20. The molecule has 1 atom stereocenters. The van der Waals surface area contributed by atoms with Gasteiger partial charge in [-0.25, -0.2) is 4.98 Å². The molecule has 2 N–H and O–H groups in total. The molecular weight excluding hydrogens is 470 g/mol. The number of nitrogens with two attached hydrogens (primary N) is 1. The molecule has 4 aromatic rings. The van der Waals surface area contributed by atoms with Crippen molar-refractivity contribution >= 4 is 56.3 Å². The molecule has 0 spiro atoms. The predicted molar refractivity (Wildman–Crippen MR) is 147 cm³/mol. The number of thiophene rings is 1. The number of carbonyl (C=O) groups is 1. The van der Waals surface area contributed by atoms with Gasteiger partial charge in [0.2, 0.25) is 0 Å². The Morgan fingerprint density at radius 2 is 1.77 bits per heavy atom. The minimum Gasteiger partial charge on any atom is -0.397 e. The van der Waals surface area contributed by atoms with Crippen molar-refractivity contribution in [3.63, 3.8) is 0 Å². The third-order valence-corrected chi connectivity index (χ3v) is 10.2. The number of nitrogen functional groups attached to an aromatic ring is 1. The lowest BCUT2D eigenvalue weighted by Crippen LogP contribution is -2.29. The molecule has 0 bridgehead atoms. The number of benzene rings is 2. The van der Waals surface area contributed by atoms with Crippen molar-refractivity contribution in [3.05, 3.63) is 70.7 Å². The summed E-state index contributed by atoms with van der Waals surface area (Å²) in [6.45, 7) is 7.02. The van der Waals surface area contributed by atoms with Gasteiger partial charge in [-0.05, 0) is 66.5 Å². The van der Waals surface area contributed by atoms with Crippen LogP contribution in [0.5, 0.6) is 0 Å². The largest absolute Gasteiger partial charge is 0.397 e. The molecular formula is C29H29N3OS2. The van der Waals surface area contributed by atoms with Gasteiger partial charge in [0, 0.05) is 20.9 Å². The molecule has 4 nitrogen and oxygen atoms in total. The zero-order valence-electron chi connectivity index (χ0n) is 20.3. The van der Waals surface area contributed by atoms with E-state index in [4.69, 9.17) is 10.7 Å². The molecule has 2 aromatic carbocycles.